The summed E-state index contributed by atoms with van der Waals surface area (Å²) < 4.78 is 0. The lowest BCUT2D eigenvalue weighted by molar-refractivity contribution is 0.123. The summed E-state index contributed by atoms with van der Waals surface area (Å²) in [4.78, 5) is 0. The van der Waals surface area contributed by atoms with Gasteiger partial charge in [0, 0.05) is 18.1 Å². The molecule has 0 aromatic heterocycles. The SMILES string of the molecule is OC[C@H]1CCC[C@]12CCCCN2. The molecule has 1 heterocycles. The van der Waals surface area contributed by atoms with Crippen LogP contribution in [-0.4, -0.2) is 23.8 Å². The van der Waals surface area contributed by atoms with Gasteiger partial charge in [-0.2, -0.15) is 0 Å². The van der Waals surface area contributed by atoms with E-state index in [2.05, 4.69) is 5.32 Å². The molecule has 1 aliphatic carbocycles. The maximum Gasteiger partial charge on any atom is 0.0476 e. The fraction of sp³-hybridized carbons (Fsp3) is 1.00. The van der Waals surface area contributed by atoms with Gasteiger partial charge in [0.1, 0.15) is 0 Å². The predicted octanol–water partition coefficient (Wildman–Crippen LogP) is 1.29. The molecule has 1 saturated heterocycles. The number of aliphatic hydroxyl groups is 1. The third kappa shape index (κ3) is 1.27. The zero-order valence-corrected chi connectivity index (χ0v) is 7.68. The maximum absolute atomic E-state index is 9.24. The van der Waals surface area contributed by atoms with Crippen molar-refractivity contribution in [3.8, 4) is 0 Å². The van der Waals surface area contributed by atoms with Crippen LogP contribution < -0.4 is 5.32 Å². The summed E-state index contributed by atoms with van der Waals surface area (Å²) >= 11 is 0. The Labute approximate surface area is 74.4 Å². The molecule has 0 aromatic carbocycles. The molecule has 2 aliphatic rings. The van der Waals surface area contributed by atoms with E-state index in [4.69, 9.17) is 0 Å². The van der Waals surface area contributed by atoms with Crippen molar-refractivity contribution in [1.29, 1.82) is 0 Å². The highest BCUT2D eigenvalue weighted by Gasteiger charge is 2.42. The van der Waals surface area contributed by atoms with Crippen molar-refractivity contribution < 1.29 is 5.11 Å². The molecule has 2 nitrogen and oxygen atoms in total. The summed E-state index contributed by atoms with van der Waals surface area (Å²) in [6.45, 7) is 1.55. The van der Waals surface area contributed by atoms with Crippen molar-refractivity contribution in [2.24, 2.45) is 5.92 Å². The molecule has 0 amide bonds. The third-order valence-corrected chi connectivity index (χ3v) is 3.70. The first-order valence-corrected chi connectivity index (χ1v) is 5.23. The monoisotopic (exact) mass is 169 g/mol. The van der Waals surface area contributed by atoms with E-state index in [9.17, 15) is 5.11 Å². The molecule has 0 radical (unpaired) electrons. The quantitative estimate of drug-likeness (QED) is 0.620. The Balaban J connectivity index is 2.05. The van der Waals surface area contributed by atoms with E-state index < -0.39 is 0 Å². The van der Waals surface area contributed by atoms with Crippen LogP contribution in [0.25, 0.3) is 0 Å². The standard InChI is InChI=1S/C10H19NO/c12-8-9-4-3-6-10(9)5-1-2-7-11-10/h9,11-12H,1-8H2/t9-,10-/m1/s1. The lowest BCUT2D eigenvalue weighted by atomic mass is 9.80. The smallest absolute Gasteiger partial charge is 0.0476 e. The van der Waals surface area contributed by atoms with Gasteiger partial charge in [0.2, 0.25) is 0 Å². The van der Waals surface area contributed by atoms with Gasteiger partial charge in [-0.3, -0.25) is 0 Å². The highest BCUT2D eigenvalue weighted by Crippen LogP contribution is 2.40. The second-order valence-electron chi connectivity index (χ2n) is 4.31. The largest absolute Gasteiger partial charge is 0.396 e. The molecular weight excluding hydrogens is 150 g/mol. The summed E-state index contributed by atoms with van der Waals surface area (Å²) in [5.74, 6) is 0.540. The van der Waals surface area contributed by atoms with E-state index in [0.29, 0.717) is 18.1 Å². The first kappa shape index (κ1) is 8.52. The van der Waals surface area contributed by atoms with Crippen LogP contribution in [0, 0.1) is 5.92 Å². The Bertz CT molecular complexity index is 152. The van der Waals surface area contributed by atoms with Crippen molar-refractivity contribution in [3.63, 3.8) is 0 Å². The van der Waals surface area contributed by atoms with Crippen LogP contribution >= 0.6 is 0 Å². The molecule has 2 atom stereocenters. The molecule has 1 spiro atoms. The third-order valence-electron chi connectivity index (χ3n) is 3.70. The highest BCUT2D eigenvalue weighted by atomic mass is 16.3. The molecule has 1 saturated carbocycles. The van der Waals surface area contributed by atoms with E-state index in [1.165, 1.54) is 38.5 Å². The van der Waals surface area contributed by atoms with Crippen molar-refractivity contribution in [1.82, 2.24) is 5.32 Å². The molecule has 70 valence electrons. The van der Waals surface area contributed by atoms with Crippen LogP contribution in [0.2, 0.25) is 0 Å². The number of piperidine rings is 1. The van der Waals surface area contributed by atoms with Gasteiger partial charge in [-0.1, -0.05) is 12.8 Å². The number of aliphatic hydroxyl groups excluding tert-OH is 1. The van der Waals surface area contributed by atoms with Crippen molar-refractivity contribution in [2.75, 3.05) is 13.2 Å². The first-order valence-electron chi connectivity index (χ1n) is 5.23. The molecule has 2 heteroatoms. The second kappa shape index (κ2) is 3.35. The maximum atomic E-state index is 9.24. The summed E-state index contributed by atoms with van der Waals surface area (Å²) in [5.41, 5.74) is 0.340. The van der Waals surface area contributed by atoms with Gasteiger partial charge in [-0.25, -0.2) is 0 Å². The normalized spacial score (nSPS) is 42.2. The van der Waals surface area contributed by atoms with Gasteiger partial charge in [-0.05, 0) is 32.2 Å². The van der Waals surface area contributed by atoms with Crippen LogP contribution in [0.15, 0.2) is 0 Å². The Morgan fingerprint density at radius 2 is 2.08 bits per heavy atom. The van der Waals surface area contributed by atoms with E-state index in [0.717, 1.165) is 6.54 Å². The van der Waals surface area contributed by atoms with E-state index in [1.54, 1.807) is 0 Å². The van der Waals surface area contributed by atoms with Gasteiger partial charge in [0.15, 0.2) is 0 Å². The second-order valence-corrected chi connectivity index (χ2v) is 4.31. The number of hydrogen-bond donors (Lipinski definition) is 2. The Kier molecular flexibility index (Phi) is 2.37. The molecule has 12 heavy (non-hydrogen) atoms. The molecule has 0 unspecified atom stereocenters. The zero-order valence-electron chi connectivity index (χ0n) is 7.68. The Hall–Kier alpha value is -0.0800. The molecule has 1 aliphatic heterocycles. The molecule has 2 N–H and O–H groups in total. The summed E-state index contributed by atoms with van der Waals surface area (Å²) in [6.07, 6.45) is 7.78. The van der Waals surface area contributed by atoms with Crippen LogP contribution in [0.4, 0.5) is 0 Å². The van der Waals surface area contributed by atoms with Crippen LogP contribution in [0.3, 0.4) is 0 Å². The molecule has 0 aromatic rings. The zero-order chi connectivity index (χ0) is 8.44. The highest BCUT2D eigenvalue weighted by molar-refractivity contribution is 5.00. The van der Waals surface area contributed by atoms with Crippen molar-refractivity contribution >= 4 is 0 Å². The summed E-state index contributed by atoms with van der Waals surface area (Å²) in [6, 6.07) is 0. The van der Waals surface area contributed by atoms with Gasteiger partial charge in [0.05, 0.1) is 0 Å². The van der Waals surface area contributed by atoms with Gasteiger partial charge in [0.25, 0.3) is 0 Å². The average molecular weight is 169 g/mol. The molecular formula is C10H19NO. The minimum atomic E-state index is 0.340. The number of rotatable bonds is 1. The summed E-state index contributed by atoms with van der Waals surface area (Å²) in [5, 5.41) is 12.9. The first-order chi connectivity index (χ1) is 5.87. The predicted molar refractivity (Wildman–Crippen MR) is 49.0 cm³/mol. The topological polar surface area (TPSA) is 32.3 Å². The van der Waals surface area contributed by atoms with E-state index >= 15 is 0 Å². The minimum absolute atomic E-state index is 0.340. The van der Waals surface area contributed by atoms with Gasteiger partial charge in [-0.15, -0.1) is 0 Å². The Morgan fingerprint density at radius 3 is 2.75 bits per heavy atom. The number of hydrogen-bond acceptors (Lipinski definition) is 2. The van der Waals surface area contributed by atoms with Crippen LogP contribution in [0.1, 0.15) is 38.5 Å². The minimum Gasteiger partial charge on any atom is -0.396 e. The lowest BCUT2D eigenvalue weighted by Gasteiger charge is -2.39. The van der Waals surface area contributed by atoms with E-state index in [-0.39, 0.29) is 0 Å². The molecule has 2 fully saturated rings. The fourth-order valence-corrected chi connectivity index (χ4v) is 2.96. The Morgan fingerprint density at radius 1 is 1.25 bits per heavy atom. The molecule has 2 rings (SSSR count). The summed E-state index contributed by atoms with van der Waals surface area (Å²) in [7, 11) is 0. The van der Waals surface area contributed by atoms with Crippen molar-refractivity contribution in [3.05, 3.63) is 0 Å². The van der Waals surface area contributed by atoms with Crippen LogP contribution in [-0.2, 0) is 0 Å². The number of nitrogens with one attached hydrogen (secondary N) is 1. The van der Waals surface area contributed by atoms with E-state index in [1.807, 2.05) is 0 Å². The fourth-order valence-electron chi connectivity index (χ4n) is 2.96. The van der Waals surface area contributed by atoms with Gasteiger partial charge >= 0.3 is 0 Å². The van der Waals surface area contributed by atoms with Crippen molar-refractivity contribution in [2.45, 2.75) is 44.1 Å². The van der Waals surface area contributed by atoms with Crippen LogP contribution in [0.5, 0.6) is 0 Å². The average Bonchev–Trinajstić information content (AvgIpc) is 2.49. The molecule has 0 bridgehead atoms. The lowest BCUT2D eigenvalue weighted by Crippen LogP contribution is -2.52. The van der Waals surface area contributed by atoms with Gasteiger partial charge < -0.3 is 10.4 Å².